The van der Waals surface area contributed by atoms with Gasteiger partial charge in [0.2, 0.25) is 0 Å². The van der Waals surface area contributed by atoms with E-state index in [1.54, 1.807) is 6.07 Å². The fourth-order valence-corrected chi connectivity index (χ4v) is 2.62. The van der Waals surface area contributed by atoms with Gasteiger partial charge in [0, 0.05) is 27.6 Å². The highest BCUT2D eigenvalue weighted by molar-refractivity contribution is 9.10. The summed E-state index contributed by atoms with van der Waals surface area (Å²) in [5.41, 5.74) is 3.09. The molecule has 2 aromatic carbocycles. The van der Waals surface area contributed by atoms with Crippen molar-refractivity contribution in [3.8, 4) is 0 Å². The molecule has 1 heterocycles. The molecule has 6 heteroatoms. The Bertz CT molecular complexity index is 865. The van der Waals surface area contributed by atoms with Gasteiger partial charge in [-0.1, -0.05) is 12.1 Å². The van der Waals surface area contributed by atoms with E-state index in [-0.39, 0.29) is 5.91 Å². The molecular formula is C18H15BrN4O. The van der Waals surface area contributed by atoms with Gasteiger partial charge in [0.1, 0.15) is 12.1 Å². The Morgan fingerprint density at radius 2 is 1.71 bits per heavy atom. The number of amides is 1. The van der Waals surface area contributed by atoms with Gasteiger partial charge >= 0.3 is 0 Å². The van der Waals surface area contributed by atoms with E-state index >= 15 is 0 Å². The molecule has 1 aromatic heterocycles. The first kappa shape index (κ1) is 16.1. The first-order valence-electron chi connectivity index (χ1n) is 7.33. The molecule has 0 bridgehead atoms. The first-order valence-corrected chi connectivity index (χ1v) is 8.13. The third-order valence-corrected chi connectivity index (χ3v) is 4.03. The predicted octanol–water partition coefficient (Wildman–Crippen LogP) is 4.54. The lowest BCUT2D eigenvalue weighted by Gasteiger charge is -2.09. The Morgan fingerprint density at radius 3 is 2.42 bits per heavy atom. The zero-order chi connectivity index (χ0) is 16.9. The molecule has 0 aliphatic heterocycles. The van der Waals surface area contributed by atoms with Gasteiger partial charge in [-0.3, -0.25) is 4.79 Å². The number of hydrogen-bond donors (Lipinski definition) is 2. The van der Waals surface area contributed by atoms with Gasteiger partial charge in [0.05, 0.1) is 5.56 Å². The Balaban J connectivity index is 1.68. The lowest BCUT2D eigenvalue weighted by atomic mass is 10.2. The van der Waals surface area contributed by atoms with Gasteiger partial charge in [-0.2, -0.15) is 0 Å². The molecule has 1 amide bonds. The zero-order valence-electron chi connectivity index (χ0n) is 13.0. The highest BCUT2D eigenvalue weighted by atomic mass is 79.9. The van der Waals surface area contributed by atoms with Crippen LogP contribution in [0.1, 0.15) is 16.1 Å². The van der Waals surface area contributed by atoms with Crippen LogP contribution in [0.25, 0.3) is 0 Å². The summed E-state index contributed by atoms with van der Waals surface area (Å²) in [6.45, 7) is 1.91. The molecule has 5 nitrogen and oxygen atoms in total. The van der Waals surface area contributed by atoms with Gasteiger partial charge in [0.25, 0.3) is 5.91 Å². The minimum atomic E-state index is -0.158. The van der Waals surface area contributed by atoms with Crippen molar-refractivity contribution >= 4 is 39.0 Å². The van der Waals surface area contributed by atoms with E-state index in [1.165, 1.54) is 6.33 Å². The quantitative estimate of drug-likeness (QED) is 0.694. The number of benzene rings is 2. The van der Waals surface area contributed by atoms with Crippen LogP contribution in [0.2, 0.25) is 0 Å². The van der Waals surface area contributed by atoms with Gasteiger partial charge in [-0.15, -0.1) is 0 Å². The number of aromatic nitrogens is 2. The van der Waals surface area contributed by atoms with Crippen LogP contribution in [0.4, 0.5) is 17.2 Å². The topological polar surface area (TPSA) is 66.9 Å². The molecule has 24 heavy (non-hydrogen) atoms. The molecule has 0 spiro atoms. The summed E-state index contributed by atoms with van der Waals surface area (Å²) in [6, 6.07) is 16.6. The molecule has 0 radical (unpaired) electrons. The van der Waals surface area contributed by atoms with Gasteiger partial charge in [-0.25, -0.2) is 9.97 Å². The smallest absolute Gasteiger partial charge is 0.256 e. The second-order valence-corrected chi connectivity index (χ2v) is 6.04. The van der Waals surface area contributed by atoms with Crippen LogP contribution in [0.5, 0.6) is 0 Å². The molecule has 0 aliphatic rings. The normalized spacial score (nSPS) is 10.2. The maximum atomic E-state index is 12.3. The molecule has 0 atom stereocenters. The Kier molecular flexibility index (Phi) is 4.86. The number of nitrogens with zero attached hydrogens (tertiary/aromatic N) is 2. The maximum absolute atomic E-state index is 12.3. The number of carbonyl (C=O) groups is 1. The van der Waals surface area contributed by atoms with Crippen molar-refractivity contribution in [2.75, 3.05) is 10.6 Å². The van der Waals surface area contributed by atoms with Gasteiger partial charge in [-0.05, 0) is 59.3 Å². The zero-order valence-corrected chi connectivity index (χ0v) is 14.5. The summed E-state index contributed by atoms with van der Waals surface area (Å²) >= 11 is 3.38. The summed E-state index contributed by atoms with van der Waals surface area (Å²) in [5.74, 6) is 0.571. The minimum Gasteiger partial charge on any atom is -0.340 e. The minimum absolute atomic E-state index is 0.158. The standard InChI is InChI=1S/C18H15BrN4O/c1-12-10-17(21-11-20-12)22-13-6-8-14(9-7-13)23-18(24)15-4-2-3-5-16(15)19/h2-11H,1H3,(H,23,24)(H,20,21,22). The summed E-state index contributed by atoms with van der Waals surface area (Å²) < 4.78 is 0.764. The molecule has 3 aromatic rings. The number of carbonyl (C=O) groups excluding carboxylic acids is 1. The van der Waals surface area contributed by atoms with E-state index in [1.807, 2.05) is 55.5 Å². The first-order chi connectivity index (χ1) is 11.6. The van der Waals surface area contributed by atoms with E-state index in [4.69, 9.17) is 0 Å². The van der Waals surface area contributed by atoms with Crippen molar-refractivity contribution in [1.82, 2.24) is 9.97 Å². The van der Waals surface area contributed by atoms with Crippen molar-refractivity contribution in [2.24, 2.45) is 0 Å². The van der Waals surface area contributed by atoms with Crippen molar-refractivity contribution in [1.29, 1.82) is 0 Å². The lowest BCUT2D eigenvalue weighted by molar-refractivity contribution is 0.102. The monoisotopic (exact) mass is 382 g/mol. The van der Waals surface area contributed by atoms with Crippen LogP contribution in [0.15, 0.2) is 65.4 Å². The van der Waals surface area contributed by atoms with Crippen LogP contribution in [0.3, 0.4) is 0 Å². The maximum Gasteiger partial charge on any atom is 0.256 e. The van der Waals surface area contributed by atoms with E-state index < -0.39 is 0 Å². The summed E-state index contributed by atoms with van der Waals surface area (Å²) in [4.78, 5) is 20.5. The van der Waals surface area contributed by atoms with E-state index in [0.717, 1.165) is 27.4 Å². The molecule has 0 saturated heterocycles. The lowest BCUT2D eigenvalue weighted by Crippen LogP contribution is -2.12. The van der Waals surface area contributed by atoms with Crippen LogP contribution < -0.4 is 10.6 Å². The van der Waals surface area contributed by atoms with Crippen molar-refractivity contribution in [3.05, 3.63) is 76.7 Å². The number of hydrogen-bond acceptors (Lipinski definition) is 4. The second kappa shape index (κ2) is 7.23. The van der Waals surface area contributed by atoms with Crippen LogP contribution in [-0.2, 0) is 0 Å². The molecule has 0 aliphatic carbocycles. The average molecular weight is 383 g/mol. The van der Waals surface area contributed by atoms with E-state index in [2.05, 4.69) is 36.5 Å². The molecule has 2 N–H and O–H groups in total. The molecular weight excluding hydrogens is 368 g/mol. The van der Waals surface area contributed by atoms with Crippen LogP contribution in [0, 0.1) is 6.92 Å². The molecule has 3 rings (SSSR count). The highest BCUT2D eigenvalue weighted by Crippen LogP contribution is 2.20. The third-order valence-electron chi connectivity index (χ3n) is 3.34. The molecule has 0 fully saturated rings. The van der Waals surface area contributed by atoms with Crippen molar-refractivity contribution < 1.29 is 4.79 Å². The van der Waals surface area contributed by atoms with Crippen molar-refractivity contribution in [3.63, 3.8) is 0 Å². The third kappa shape index (κ3) is 3.97. The summed E-state index contributed by atoms with van der Waals surface area (Å²) in [5, 5.41) is 6.07. The Hall–Kier alpha value is -2.73. The predicted molar refractivity (Wildman–Crippen MR) is 98.6 cm³/mol. The van der Waals surface area contributed by atoms with Gasteiger partial charge in [0.15, 0.2) is 0 Å². The fraction of sp³-hybridized carbons (Fsp3) is 0.0556. The van der Waals surface area contributed by atoms with E-state index in [0.29, 0.717) is 5.56 Å². The number of halogens is 1. The number of rotatable bonds is 4. The molecule has 0 saturated carbocycles. The Labute approximate surface area is 148 Å². The SMILES string of the molecule is Cc1cc(Nc2ccc(NC(=O)c3ccccc3Br)cc2)ncn1. The number of aryl methyl sites for hydroxylation is 1. The van der Waals surface area contributed by atoms with Gasteiger partial charge < -0.3 is 10.6 Å². The van der Waals surface area contributed by atoms with Crippen molar-refractivity contribution in [2.45, 2.75) is 6.92 Å². The largest absolute Gasteiger partial charge is 0.340 e. The number of nitrogens with one attached hydrogen (secondary N) is 2. The molecule has 120 valence electrons. The highest BCUT2D eigenvalue weighted by Gasteiger charge is 2.09. The van der Waals surface area contributed by atoms with Crippen LogP contribution in [-0.4, -0.2) is 15.9 Å². The average Bonchev–Trinajstić information content (AvgIpc) is 2.57. The summed E-state index contributed by atoms with van der Waals surface area (Å²) in [7, 11) is 0. The number of anilines is 3. The Morgan fingerprint density at radius 1 is 1.00 bits per heavy atom. The van der Waals surface area contributed by atoms with Crippen LogP contribution >= 0.6 is 15.9 Å². The fourth-order valence-electron chi connectivity index (χ4n) is 2.15. The molecule has 0 unspecified atom stereocenters. The summed E-state index contributed by atoms with van der Waals surface area (Å²) in [6.07, 6.45) is 1.52. The van der Waals surface area contributed by atoms with E-state index in [9.17, 15) is 4.79 Å². The second-order valence-electron chi connectivity index (χ2n) is 5.18.